The molecule has 0 atom stereocenters. The summed E-state index contributed by atoms with van der Waals surface area (Å²) in [4.78, 5) is 32.6. The number of likely N-dealkylation sites (N-methyl/N-ethyl adjacent to an activating group) is 1. The van der Waals surface area contributed by atoms with Crippen LogP contribution in [0.25, 0.3) is 5.57 Å². The first-order valence-electron chi connectivity index (χ1n) is 10.2. The Bertz CT molecular complexity index is 989. The summed E-state index contributed by atoms with van der Waals surface area (Å²) < 4.78 is 5.43. The van der Waals surface area contributed by atoms with E-state index in [1.54, 1.807) is 7.11 Å². The summed E-state index contributed by atoms with van der Waals surface area (Å²) in [6.45, 7) is 5.37. The van der Waals surface area contributed by atoms with Crippen LogP contribution in [0.3, 0.4) is 0 Å². The molecule has 2 aromatic rings. The van der Waals surface area contributed by atoms with Crippen LogP contribution in [0, 0.1) is 6.92 Å². The van der Waals surface area contributed by atoms with Crippen LogP contribution in [0.15, 0.2) is 54.2 Å². The third kappa shape index (κ3) is 3.71. The number of amides is 2. The second kappa shape index (κ2) is 8.32. The number of aryl methyl sites for hydroxylation is 1. The molecule has 2 aromatic carbocycles. The number of piperazine rings is 1. The van der Waals surface area contributed by atoms with Crippen molar-refractivity contribution in [1.82, 2.24) is 14.7 Å². The van der Waals surface area contributed by atoms with Crippen molar-refractivity contribution in [3.8, 4) is 5.75 Å². The van der Waals surface area contributed by atoms with Gasteiger partial charge in [0.25, 0.3) is 11.8 Å². The maximum atomic E-state index is 13.5. The van der Waals surface area contributed by atoms with Gasteiger partial charge >= 0.3 is 0 Å². The highest BCUT2D eigenvalue weighted by Crippen LogP contribution is 2.34. The van der Waals surface area contributed by atoms with Crippen LogP contribution < -0.4 is 4.74 Å². The quantitative estimate of drug-likeness (QED) is 0.716. The fraction of sp³-hybridized carbons (Fsp3) is 0.333. The van der Waals surface area contributed by atoms with E-state index < -0.39 is 0 Å². The van der Waals surface area contributed by atoms with Crippen molar-refractivity contribution < 1.29 is 14.3 Å². The van der Waals surface area contributed by atoms with E-state index in [1.807, 2.05) is 55.5 Å². The van der Waals surface area contributed by atoms with E-state index in [-0.39, 0.29) is 18.4 Å². The zero-order valence-electron chi connectivity index (χ0n) is 17.7. The Morgan fingerprint density at radius 1 is 0.900 bits per heavy atom. The van der Waals surface area contributed by atoms with Gasteiger partial charge in [0, 0.05) is 31.7 Å². The highest BCUT2D eigenvalue weighted by Gasteiger charge is 2.42. The first-order valence-corrected chi connectivity index (χ1v) is 10.2. The van der Waals surface area contributed by atoms with Crippen molar-refractivity contribution in [2.24, 2.45) is 0 Å². The fourth-order valence-corrected chi connectivity index (χ4v) is 4.01. The lowest BCUT2D eigenvalue weighted by Crippen LogP contribution is -2.46. The van der Waals surface area contributed by atoms with Crippen LogP contribution in [-0.4, -0.2) is 66.9 Å². The highest BCUT2D eigenvalue weighted by molar-refractivity contribution is 6.35. The van der Waals surface area contributed by atoms with E-state index in [0.29, 0.717) is 17.0 Å². The number of carbonyl (C=O) groups is 2. The summed E-state index contributed by atoms with van der Waals surface area (Å²) in [5.41, 5.74) is 3.73. The maximum absolute atomic E-state index is 13.5. The number of ether oxygens (including phenoxy) is 1. The molecule has 0 spiro atoms. The van der Waals surface area contributed by atoms with Crippen molar-refractivity contribution in [2.75, 3.05) is 40.3 Å². The minimum absolute atomic E-state index is 0.189. The van der Waals surface area contributed by atoms with Gasteiger partial charge in [-0.3, -0.25) is 14.5 Å². The smallest absolute Gasteiger partial charge is 0.278 e. The van der Waals surface area contributed by atoms with E-state index in [2.05, 4.69) is 16.8 Å². The van der Waals surface area contributed by atoms with Crippen molar-refractivity contribution in [3.05, 3.63) is 70.9 Å². The molecule has 0 aromatic heterocycles. The standard InChI is InChI=1S/C24H27N3O3/c1-17-8-10-18(11-9-17)21-22(26-14-12-25(2)13-15-26)24(29)27(23(21)28)16-19-6-4-5-7-20(19)30-3/h4-11H,12-16H2,1-3H3. The normalized spacial score (nSPS) is 17.8. The van der Waals surface area contributed by atoms with Gasteiger partial charge in [0.05, 0.1) is 19.2 Å². The predicted octanol–water partition coefficient (Wildman–Crippen LogP) is 2.53. The number of rotatable bonds is 5. The molecule has 0 aliphatic carbocycles. The van der Waals surface area contributed by atoms with Gasteiger partial charge in [-0.05, 0) is 25.6 Å². The summed E-state index contributed by atoms with van der Waals surface area (Å²) in [6.07, 6.45) is 0. The van der Waals surface area contributed by atoms with Crippen molar-refractivity contribution in [1.29, 1.82) is 0 Å². The number of imide groups is 1. The molecule has 6 nitrogen and oxygen atoms in total. The molecule has 1 saturated heterocycles. The van der Waals surface area contributed by atoms with Gasteiger partial charge in [0.15, 0.2) is 0 Å². The highest BCUT2D eigenvalue weighted by atomic mass is 16.5. The van der Waals surface area contributed by atoms with Gasteiger partial charge in [-0.15, -0.1) is 0 Å². The van der Waals surface area contributed by atoms with E-state index in [4.69, 9.17) is 4.74 Å². The van der Waals surface area contributed by atoms with E-state index >= 15 is 0 Å². The average molecular weight is 405 g/mol. The molecule has 0 radical (unpaired) electrons. The molecule has 6 heteroatoms. The largest absolute Gasteiger partial charge is 0.496 e. The molecule has 30 heavy (non-hydrogen) atoms. The molecular weight excluding hydrogens is 378 g/mol. The lowest BCUT2D eigenvalue weighted by molar-refractivity contribution is -0.138. The number of hydrogen-bond donors (Lipinski definition) is 0. The lowest BCUT2D eigenvalue weighted by Gasteiger charge is -2.34. The molecule has 0 bridgehead atoms. The van der Waals surface area contributed by atoms with Crippen LogP contribution in [-0.2, 0) is 16.1 Å². The van der Waals surface area contributed by atoms with E-state index in [9.17, 15) is 9.59 Å². The Labute approximate surface area is 177 Å². The van der Waals surface area contributed by atoms with Crippen molar-refractivity contribution >= 4 is 17.4 Å². The summed E-state index contributed by atoms with van der Waals surface area (Å²) in [6, 6.07) is 15.3. The average Bonchev–Trinajstić information content (AvgIpc) is 3.00. The SMILES string of the molecule is COc1ccccc1CN1C(=O)C(c2ccc(C)cc2)=C(N2CCN(C)CC2)C1=O. The van der Waals surface area contributed by atoms with Crippen LogP contribution in [0.4, 0.5) is 0 Å². The molecule has 0 saturated carbocycles. The lowest BCUT2D eigenvalue weighted by atomic mass is 10.0. The molecule has 4 rings (SSSR count). The van der Waals surface area contributed by atoms with E-state index in [1.165, 1.54) is 4.90 Å². The molecule has 2 aliphatic rings. The molecule has 0 N–H and O–H groups in total. The second-order valence-corrected chi connectivity index (χ2v) is 7.89. The van der Waals surface area contributed by atoms with Crippen molar-refractivity contribution in [3.63, 3.8) is 0 Å². The molecule has 2 heterocycles. The molecule has 156 valence electrons. The van der Waals surface area contributed by atoms with Gasteiger partial charge in [0.1, 0.15) is 11.4 Å². The molecule has 2 amide bonds. The Morgan fingerprint density at radius 2 is 1.57 bits per heavy atom. The van der Waals surface area contributed by atoms with Crippen molar-refractivity contribution in [2.45, 2.75) is 13.5 Å². The third-order valence-electron chi connectivity index (χ3n) is 5.82. The minimum Gasteiger partial charge on any atom is -0.496 e. The van der Waals surface area contributed by atoms with E-state index in [0.717, 1.165) is 42.9 Å². The number of nitrogens with zero attached hydrogens (tertiary/aromatic N) is 3. The third-order valence-corrected chi connectivity index (χ3v) is 5.82. The minimum atomic E-state index is -0.247. The Kier molecular flexibility index (Phi) is 5.59. The van der Waals surface area contributed by atoms with Gasteiger partial charge < -0.3 is 14.5 Å². The Hall–Kier alpha value is -3.12. The molecule has 0 unspecified atom stereocenters. The zero-order valence-corrected chi connectivity index (χ0v) is 17.7. The number of para-hydroxylation sites is 1. The van der Waals surface area contributed by atoms with Gasteiger partial charge in [-0.25, -0.2) is 0 Å². The summed E-state index contributed by atoms with van der Waals surface area (Å²) in [5.74, 6) is 0.192. The van der Waals surface area contributed by atoms with Gasteiger partial charge in [-0.1, -0.05) is 48.0 Å². The summed E-state index contributed by atoms with van der Waals surface area (Å²) in [7, 11) is 3.67. The fourth-order valence-electron chi connectivity index (χ4n) is 4.01. The summed E-state index contributed by atoms with van der Waals surface area (Å²) >= 11 is 0. The van der Waals surface area contributed by atoms with Gasteiger partial charge in [0.2, 0.25) is 0 Å². The Morgan fingerprint density at radius 3 is 2.23 bits per heavy atom. The molecule has 1 fully saturated rings. The maximum Gasteiger partial charge on any atom is 0.278 e. The number of benzene rings is 2. The van der Waals surface area contributed by atoms with Crippen LogP contribution >= 0.6 is 0 Å². The monoisotopic (exact) mass is 405 g/mol. The summed E-state index contributed by atoms with van der Waals surface area (Å²) in [5, 5.41) is 0. The van der Waals surface area contributed by atoms with Gasteiger partial charge in [-0.2, -0.15) is 0 Å². The molecule has 2 aliphatic heterocycles. The molecular formula is C24H27N3O3. The van der Waals surface area contributed by atoms with Crippen LogP contribution in [0.1, 0.15) is 16.7 Å². The number of carbonyl (C=O) groups excluding carboxylic acids is 2. The van der Waals surface area contributed by atoms with Crippen LogP contribution in [0.2, 0.25) is 0 Å². The first kappa shape index (κ1) is 20.2. The first-order chi connectivity index (χ1) is 14.5. The number of hydrogen-bond acceptors (Lipinski definition) is 5. The topological polar surface area (TPSA) is 53.1 Å². The number of methoxy groups -OCH3 is 1. The predicted molar refractivity (Wildman–Crippen MR) is 116 cm³/mol. The van der Waals surface area contributed by atoms with Crippen LogP contribution in [0.5, 0.6) is 5.75 Å². The zero-order chi connectivity index (χ0) is 21.3. The Balaban J connectivity index is 1.73. The second-order valence-electron chi connectivity index (χ2n) is 7.89.